The van der Waals surface area contributed by atoms with E-state index in [1.807, 2.05) is 12.1 Å². The summed E-state index contributed by atoms with van der Waals surface area (Å²) in [4.78, 5) is 14.9. The number of hydrogen-bond acceptors (Lipinski definition) is 3. The molecule has 4 rings (SSSR count). The monoisotopic (exact) mass is 434 g/mol. The molecule has 1 heterocycles. The van der Waals surface area contributed by atoms with Crippen LogP contribution in [-0.4, -0.2) is 44.6 Å². The number of nitrogens with zero attached hydrogens (tertiary/aromatic N) is 1. The fourth-order valence-electron chi connectivity index (χ4n) is 4.41. The van der Waals surface area contributed by atoms with Crippen LogP contribution in [0.15, 0.2) is 42.5 Å². The minimum absolute atomic E-state index is 0.0124. The number of carbonyl (C=O) groups is 1. The van der Waals surface area contributed by atoms with E-state index >= 15 is 0 Å². The van der Waals surface area contributed by atoms with Crippen LogP contribution < -0.4 is 4.72 Å². The summed E-state index contributed by atoms with van der Waals surface area (Å²) in [5.74, 6) is -1.62. The van der Waals surface area contributed by atoms with Crippen molar-refractivity contribution in [3.05, 3.63) is 59.7 Å². The lowest BCUT2D eigenvalue weighted by molar-refractivity contribution is -0.133. The van der Waals surface area contributed by atoms with Crippen molar-refractivity contribution in [1.82, 2.24) is 9.62 Å². The molecule has 1 saturated carbocycles. The lowest BCUT2D eigenvalue weighted by Gasteiger charge is -2.25. The highest BCUT2D eigenvalue weighted by Crippen LogP contribution is 2.52. The Morgan fingerprint density at radius 1 is 1.13 bits per heavy atom. The second-order valence-electron chi connectivity index (χ2n) is 8.08. The Labute approximate surface area is 175 Å². The smallest absolute Gasteiger partial charge is 0.226 e. The number of sulfonamides is 1. The molecule has 8 heteroatoms. The van der Waals surface area contributed by atoms with Gasteiger partial charge < -0.3 is 4.90 Å². The van der Waals surface area contributed by atoms with Crippen LogP contribution >= 0.6 is 0 Å². The molecule has 5 nitrogen and oxygen atoms in total. The summed E-state index contributed by atoms with van der Waals surface area (Å²) in [7, 11) is -3.32. The molecule has 3 atom stereocenters. The summed E-state index contributed by atoms with van der Waals surface area (Å²) < 4.78 is 54.0. The van der Waals surface area contributed by atoms with Gasteiger partial charge in [0.05, 0.1) is 11.8 Å². The zero-order valence-electron chi connectivity index (χ0n) is 16.6. The lowest BCUT2D eigenvalue weighted by Crippen LogP contribution is -2.43. The SMILES string of the molecule is CS(=O)(=O)NCC1CCCN1C(=O)C1CC1c1ccccc1-c1c(F)cccc1F. The molecule has 2 fully saturated rings. The van der Waals surface area contributed by atoms with E-state index in [0.717, 1.165) is 24.7 Å². The highest BCUT2D eigenvalue weighted by atomic mass is 32.2. The fourth-order valence-corrected chi connectivity index (χ4v) is 4.91. The Balaban J connectivity index is 1.53. The van der Waals surface area contributed by atoms with E-state index in [4.69, 9.17) is 0 Å². The van der Waals surface area contributed by atoms with Gasteiger partial charge in [-0.15, -0.1) is 0 Å². The summed E-state index contributed by atoms with van der Waals surface area (Å²) in [6.07, 6.45) is 3.30. The highest BCUT2D eigenvalue weighted by Gasteiger charge is 2.48. The van der Waals surface area contributed by atoms with Gasteiger partial charge in [0.15, 0.2) is 0 Å². The minimum atomic E-state index is -3.32. The van der Waals surface area contributed by atoms with Crippen molar-refractivity contribution in [1.29, 1.82) is 0 Å². The summed E-state index contributed by atoms with van der Waals surface area (Å²) in [6.45, 7) is 0.806. The van der Waals surface area contributed by atoms with Crippen molar-refractivity contribution in [3.63, 3.8) is 0 Å². The molecule has 2 aromatic rings. The third kappa shape index (κ3) is 4.25. The first-order valence-corrected chi connectivity index (χ1v) is 11.9. The Hall–Kier alpha value is -2.32. The van der Waals surface area contributed by atoms with E-state index in [1.54, 1.807) is 17.0 Å². The van der Waals surface area contributed by atoms with E-state index < -0.39 is 21.7 Å². The maximum atomic E-state index is 14.4. The lowest BCUT2D eigenvalue weighted by atomic mass is 9.95. The number of carbonyl (C=O) groups excluding carboxylic acids is 1. The van der Waals surface area contributed by atoms with Gasteiger partial charge in [0, 0.05) is 25.0 Å². The number of nitrogens with one attached hydrogen (secondary N) is 1. The van der Waals surface area contributed by atoms with Crippen molar-refractivity contribution in [2.24, 2.45) is 5.92 Å². The molecule has 2 aromatic carbocycles. The summed E-state index contributed by atoms with van der Waals surface area (Å²) in [5, 5.41) is 0. The van der Waals surface area contributed by atoms with Crippen LogP contribution in [0.2, 0.25) is 0 Å². The topological polar surface area (TPSA) is 66.5 Å². The van der Waals surface area contributed by atoms with E-state index in [0.29, 0.717) is 18.5 Å². The molecule has 0 bridgehead atoms. The van der Waals surface area contributed by atoms with E-state index in [9.17, 15) is 22.0 Å². The minimum Gasteiger partial charge on any atom is -0.338 e. The maximum absolute atomic E-state index is 14.4. The molecule has 1 aliphatic carbocycles. The zero-order valence-corrected chi connectivity index (χ0v) is 17.5. The molecule has 0 spiro atoms. The molecular formula is C22H24F2N2O3S. The molecule has 2 aliphatic rings. The summed E-state index contributed by atoms with van der Waals surface area (Å²) >= 11 is 0. The van der Waals surface area contributed by atoms with Crippen molar-refractivity contribution in [3.8, 4) is 11.1 Å². The summed E-state index contributed by atoms with van der Waals surface area (Å²) in [5.41, 5.74) is 1.18. The average Bonchev–Trinajstić information content (AvgIpc) is 3.34. The first kappa shape index (κ1) is 20.9. The summed E-state index contributed by atoms with van der Waals surface area (Å²) in [6, 6.07) is 10.7. The van der Waals surface area contributed by atoms with Crippen molar-refractivity contribution < 1.29 is 22.0 Å². The Morgan fingerprint density at radius 2 is 1.83 bits per heavy atom. The Kier molecular flexibility index (Phi) is 5.63. The van der Waals surface area contributed by atoms with Gasteiger partial charge in [-0.3, -0.25) is 4.79 Å². The van der Waals surface area contributed by atoms with Gasteiger partial charge >= 0.3 is 0 Å². The van der Waals surface area contributed by atoms with Crippen LogP contribution in [0.5, 0.6) is 0 Å². The molecule has 3 unspecified atom stereocenters. The second-order valence-corrected chi connectivity index (χ2v) is 9.91. The third-order valence-corrected chi connectivity index (χ3v) is 6.63. The molecule has 0 radical (unpaired) electrons. The van der Waals surface area contributed by atoms with Gasteiger partial charge in [-0.25, -0.2) is 21.9 Å². The predicted octanol–water partition coefficient (Wildman–Crippen LogP) is 3.28. The molecule has 160 valence electrons. The van der Waals surface area contributed by atoms with Gasteiger partial charge in [-0.2, -0.15) is 0 Å². The number of benzene rings is 2. The van der Waals surface area contributed by atoms with Gasteiger partial charge in [-0.05, 0) is 48.4 Å². The third-order valence-electron chi connectivity index (χ3n) is 5.94. The van der Waals surface area contributed by atoms with Crippen LogP contribution in [0.1, 0.15) is 30.7 Å². The first-order valence-electron chi connectivity index (χ1n) is 10.0. The second kappa shape index (κ2) is 8.07. The standard InChI is InChI=1S/C22H24F2N2O3S/c1-30(28,29)25-13-14-6-5-11-26(14)22(27)18-12-17(18)15-7-2-3-8-16(15)21-19(23)9-4-10-20(21)24/h2-4,7-10,14,17-18,25H,5-6,11-13H2,1H3. The molecule has 0 aromatic heterocycles. The number of amides is 1. The normalized spacial score (nSPS) is 23.6. The van der Waals surface area contributed by atoms with Crippen LogP contribution in [0, 0.1) is 17.6 Å². The molecule has 1 aliphatic heterocycles. The van der Waals surface area contributed by atoms with Crippen molar-refractivity contribution in [2.75, 3.05) is 19.3 Å². The van der Waals surface area contributed by atoms with Gasteiger partial charge in [0.25, 0.3) is 0 Å². The number of rotatable bonds is 6. The Morgan fingerprint density at radius 3 is 2.53 bits per heavy atom. The quantitative estimate of drug-likeness (QED) is 0.759. The van der Waals surface area contributed by atoms with Gasteiger partial charge in [0.1, 0.15) is 11.6 Å². The Bertz CT molecular complexity index is 1050. The highest BCUT2D eigenvalue weighted by molar-refractivity contribution is 7.88. The van der Waals surface area contributed by atoms with Gasteiger partial charge in [-0.1, -0.05) is 30.3 Å². The van der Waals surface area contributed by atoms with Crippen molar-refractivity contribution in [2.45, 2.75) is 31.2 Å². The van der Waals surface area contributed by atoms with Crippen LogP contribution in [0.25, 0.3) is 11.1 Å². The number of likely N-dealkylation sites (tertiary alicyclic amines) is 1. The molecule has 30 heavy (non-hydrogen) atoms. The average molecular weight is 435 g/mol. The largest absolute Gasteiger partial charge is 0.338 e. The van der Waals surface area contributed by atoms with E-state index in [-0.39, 0.29) is 35.9 Å². The molecule has 1 saturated heterocycles. The van der Waals surface area contributed by atoms with Gasteiger partial charge in [0.2, 0.25) is 15.9 Å². The molecule has 1 amide bonds. The maximum Gasteiger partial charge on any atom is 0.226 e. The number of hydrogen-bond donors (Lipinski definition) is 1. The zero-order chi connectivity index (χ0) is 21.5. The van der Waals surface area contributed by atoms with Crippen LogP contribution in [0.3, 0.4) is 0 Å². The first-order chi connectivity index (χ1) is 14.3. The predicted molar refractivity (Wildman–Crippen MR) is 110 cm³/mol. The van der Waals surface area contributed by atoms with Crippen molar-refractivity contribution >= 4 is 15.9 Å². The van der Waals surface area contributed by atoms with Crippen LogP contribution in [-0.2, 0) is 14.8 Å². The molecular weight excluding hydrogens is 410 g/mol. The van der Waals surface area contributed by atoms with E-state index in [1.165, 1.54) is 18.2 Å². The van der Waals surface area contributed by atoms with Crippen LogP contribution in [0.4, 0.5) is 8.78 Å². The van der Waals surface area contributed by atoms with E-state index in [2.05, 4.69) is 4.72 Å². The molecule has 1 N–H and O–H groups in total. The fraction of sp³-hybridized carbons (Fsp3) is 0.409. The number of halogens is 2.